The zero-order valence-corrected chi connectivity index (χ0v) is 13.2. The monoisotopic (exact) mass is 305 g/mol. The summed E-state index contributed by atoms with van der Waals surface area (Å²) < 4.78 is 32.0. The molecule has 0 saturated carbocycles. The summed E-state index contributed by atoms with van der Waals surface area (Å²) in [5.74, 6) is 0. The van der Waals surface area contributed by atoms with Crippen LogP contribution in [-0.4, -0.2) is 22.1 Å². The molecule has 0 unspecified atom stereocenters. The van der Waals surface area contributed by atoms with Gasteiger partial charge in [0.25, 0.3) is 9.04 Å². The first-order valence-electron chi connectivity index (χ1n) is 6.89. The zero-order valence-electron chi connectivity index (χ0n) is 12.2. The van der Waals surface area contributed by atoms with E-state index >= 15 is 0 Å². The van der Waals surface area contributed by atoms with Crippen LogP contribution in [0.3, 0.4) is 0 Å². The Morgan fingerprint density at radius 2 is 1.33 bits per heavy atom. The highest BCUT2D eigenvalue weighted by atomic mass is 28.3. The third-order valence-electron chi connectivity index (χ3n) is 3.25. The summed E-state index contributed by atoms with van der Waals surface area (Å²) in [6, 6.07) is 19.7. The lowest BCUT2D eigenvalue weighted by Gasteiger charge is -2.26. The van der Waals surface area contributed by atoms with Crippen LogP contribution in [0, 0.1) is 5.41 Å². The number of hydrogen-bond donors (Lipinski definition) is 0. The molecule has 0 spiro atoms. The predicted octanol–water partition coefficient (Wildman–Crippen LogP) is 3.10. The minimum atomic E-state index is -2.40. The van der Waals surface area contributed by atoms with E-state index in [4.69, 9.17) is 4.43 Å². The van der Waals surface area contributed by atoms with Gasteiger partial charge >= 0.3 is 0 Å². The Labute approximate surface area is 126 Å². The van der Waals surface area contributed by atoms with Gasteiger partial charge in [0.15, 0.2) is 0 Å². The molecule has 1 radical (unpaired) electrons. The fourth-order valence-corrected chi connectivity index (χ4v) is 4.01. The van der Waals surface area contributed by atoms with Gasteiger partial charge in [0.05, 0.1) is 0 Å². The average molecular weight is 305 g/mol. The van der Waals surface area contributed by atoms with E-state index in [1.54, 1.807) is 0 Å². The Hall–Kier alpha value is -1.52. The van der Waals surface area contributed by atoms with E-state index in [1.165, 1.54) is 13.8 Å². The van der Waals surface area contributed by atoms with Crippen molar-refractivity contribution in [1.82, 2.24) is 0 Å². The van der Waals surface area contributed by atoms with Gasteiger partial charge in [-0.2, -0.15) is 0 Å². The van der Waals surface area contributed by atoms with Gasteiger partial charge < -0.3 is 4.43 Å². The van der Waals surface area contributed by atoms with Crippen LogP contribution < -0.4 is 10.4 Å². The van der Waals surface area contributed by atoms with Crippen molar-refractivity contribution in [3.63, 3.8) is 0 Å². The second kappa shape index (κ2) is 6.96. The van der Waals surface area contributed by atoms with Crippen molar-refractivity contribution in [1.29, 1.82) is 0 Å². The van der Waals surface area contributed by atoms with Crippen LogP contribution in [0.4, 0.5) is 8.78 Å². The van der Waals surface area contributed by atoms with Crippen molar-refractivity contribution < 1.29 is 13.2 Å². The normalized spacial score (nSPS) is 12.1. The molecule has 0 N–H and O–H groups in total. The molecule has 1 nitrogen and oxygen atoms in total. The lowest BCUT2D eigenvalue weighted by Crippen LogP contribution is -2.47. The van der Waals surface area contributed by atoms with Crippen LogP contribution in [-0.2, 0) is 4.43 Å². The molecular formula is C17H19F2OSi. The fraction of sp³-hybridized carbons (Fsp3) is 0.294. The molecule has 0 amide bonds. The summed E-state index contributed by atoms with van der Waals surface area (Å²) in [4.78, 5) is 0. The van der Waals surface area contributed by atoms with Gasteiger partial charge in [0.1, 0.15) is 0 Å². The molecule has 0 aliphatic carbocycles. The highest BCUT2D eigenvalue weighted by Gasteiger charge is 2.32. The van der Waals surface area contributed by atoms with Gasteiger partial charge in [-0.05, 0) is 10.4 Å². The smallest absolute Gasteiger partial charge is 0.282 e. The maximum atomic E-state index is 13.0. The topological polar surface area (TPSA) is 9.23 Å². The summed E-state index contributed by atoms with van der Waals surface area (Å²) in [5.41, 5.74) is -1.14. The third-order valence-corrected chi connectivity index (χ3v) is 5.40. The third kappa shape index (κ3) is 4.22. The summed E-state index contributed by atoms with van der Waals surface area (Å²) in [6.45, 7) is 3.11. The van der Waals surface area contributed by atoms with Crippen LogP contribution in [0.15, 0.2) is 60.7 Å². The number of alkyl halides is 2. The van der Waals surface area contributed by atoms with Crippen LogP contribution in [0.2, 0.25) is 0 Å². The van der Waals surface area contributed by atoms with Crippen molar-refractivity contribution in [3.05, 3.63) is 60.7 Å². The molecule has 4 heteroatoms. The highest BCUT2D eigenvalue weighted by molar-refractivity contribution is 6.80. The molecule has 0 heterocycles. The Morgan fingerprint density at radius 1 is 0.905 bits per heavy atom. The van der Waals surface area contributed by atoms with Crippen LogP contribution >= 0.6 is 0 Å². The number of benzene rings is 2. The average Bonchev–Trinajstić information content (AvgIpc) is 2.49. The maximum Gasteiger partial charge on any atom is 0.282 e. The van der Waals surface area contributed by atoms with E-state index in [0.717, 1.165) is 10.4 Å². The molecular weight excluding hydrogens is 286 g/mol. The first kappa shape index (κ1) is 15.9. The minimum Gasteiger partial charge on any atom is -0.407 e. The van der Waals surface area contributed by atoms with Gasteiger partial charge in [-0.25, -0.2) is 8.78 Å². The van der Waals surface area contributed by atoms with Gasteiger partial charge in [-0.15, -0.1) is 0 Å². The largest absolute Gasteiger partial charge is 0.407 e. The van der Waals surface area contributed by atoms with Crippen molar-refractivity contribution in [3.8, 4) is 0 Å². The molecule has 0 aliphatic rings. The summed E-state index contributed by atoms with van der Waals surface area (Å²) in [5, 5.41) is 2.14. The molecule has 0 aromatic heterocycles. The minimum absolute atomic E-state index is 0.0444. The quantitative estimate of drug-likeness (QED) is 0.745. The Balaban J connectivity index is 2.22. The molecule has 2 aromatic rings. The lowest BCUT2D eigenvalue weighted by molar-refractivity contribution is -0.0103. The molecule has 0 atom stereocenters. The molecule has 0 aliphatic heterocycles. The number of hydrogen-bond acceptors (Lipinski definition) is 1. The second-order valence-electron chi connectivity index (χ2n) is 5.64. The molecule has 0 bridgehead atoms. The summed E-state index contributed by atoms with van der Waals surface area (Å²) >= 11 is 0. The van der Waals surface area contributed by atoms with E-state index in [1.807, 2.05) is 60.7 Å². The molecule has 2 aromatic carbocycles. The van der Waals surface area contributed by atoms with Gasteiger partial charge in [0.2, 0.25) is 6.43 Å². The SMILES string of the molecule is CC(C)(CO[Si](c1ccccc1)c1ccccc1)C(F)F. The van der Waals surface area contributed by atoms with E-state index < -0.39 is 20.9 Å². The van der Waals surface area contributed by atoms with Crippen LogP contribution in [0.5, 0.6) is 0 Å². The van der Waals surface area contributed by atoms with Crippen molar-refractivity contribution in [2.24, 2.45) is 5.41 Å². The molecule has 0 fully saturated rings. The van der Waals surface area contributed by atoms with E-state index in [0.29, 0.717) is 0 Å². The predicted molar refractivity (Wildman–Crippen MR) is 83.6 cm³/mol. The lowest BCUT2D eigenvalue weighted by atomic mass is 9.96. The Morgan fingerprint density at radius 3 is 1.71 bits per heavy atom. The first-order valence-corrected chi connectivity index (χ1v) is 8.30. The van der Waals surface area contributed by atoms with Crippen molar-refractivity contribution in [2.45, 2.75) is 20.3 Å². The van der Waals surface area contributed by atoms with E-state index in [2.05, 4.69) is 0 Å². The van der Waals surface area contributed by atoms with Gasteiger partial charge in [-0.3, -0.25) is 0 Å². The van der Waals surface area contributed by atoms with Crippen LogP contribution in [0.25, 0.3) is 0 Å². The second-order valence-corrected chi connectivity index (χ2v) is 7.74. The summed E-state index contributed by atoms with van der Waals surface area (Å²) in [7, 11) is -1.50. The molecule has 111 valence electrons. The maximum absolute atomic E-state index is 13.0. The molecule has 2 rings (SSSR count). The standard InChI is InChI=1S/C17H19F2OSi/c1-17(2,16(18)19)13-20-21(14-9-5-3-6-10-14)15-11-7-4-8-12-15/h3-12,16H,13H2,1-2H3. The van der Waals surface area contributed by atoms with Crippen molar-refractivity contribution >= 4 is 19.4 Å². The molecule has 0 saturated heterocycles. The van der Waals surface area contributed by atoms with Gasteiger partial charge in [-0.1, -0.05) is 74.5 Å². The van der Waals surface area contributed by atoms with E-state index in [-0.39, 0.29) is 6.61 Å². The zero-order chi connectivity index (χ0) is 15.3. The fourth-order valence-electron chi connectivity index (χ4n) is 1.83. The molecule has 21 heavy (non-hydrogen) atoms. The first-order chi connectivity index (χ1) is 10.0. The Kier molecular flexibility index (Phi) is 5.26. The van der Waals surface area contributed by atoms with Gasteiger partial charge in [0, 0.05) is 12.0 Å². The Bertz CT molecular complexity index is 504. The number of rotatable bonds is 6. The number of halogens is 2. The van der Waals surface area contributed by atoms with Crippen LogP contribution in [0.1, 0.15) is 13.8 Å². The summed E-state index contributed by atoms with van der Waals surface area (Å²) in [6.07, 6.45) is -2.40. The van der Waals surface area contributed by atoms with Crippen molar-refractivity contribution in [2.75, 3.05) is 6.61 Å². The highest BCUT2D eigenvalue weighted by Crippen LogP contribution is 2.25. The van der Waals surface area contributed by atoms with E-state index in [9.17, 15) is 8.78 Å².